The highest BCUT2D eigenvalue weighted by Gasteiger charge is 2.10. The van der Waals surface area contributed by atoms with Gasteiger partial charge in [-0.15, -0.1) is 0 Å². The Kier molecular flexibility index (Phi) is 4.22. The molecule has 5 heteroatoms. The SMILES string of the molecule is O[C@@H](COc1ccccc1Br)Cn1cnc2ccccc21. The van der Waals surface area contributed by atoms with E-state index >= 15 is 0 Å². The van der Waals surface area contributed by atoms with E-state index in [2.05, 4.69) is 20.9 Å². The number of ether oxygens (including phenoxy) is 1. The monoisotopic (exact) mass is 346 g/mol. The number of aromatic nitrogens is 2. The molecule has 0 unspecified atom stereocenters. The molecule has 1 N–H and O–H groups in total. The van der Waals surface area contributed by atoms with Gasteiger partial charge in [0.25, 0.3) is 0 Å². The topological polar surface area (TPSA) is 47.3 Å². The third-order valence-electron chi connectivity index (χ3n) is 3.20. The number of hydrogen-bond acceptors (Lipinski definition) is 3. The molecule has 3 aromatic rings. The van der Waals surface area contributed by atoms with Gasteiger partial charge < -0.3 is 14.4 Å². The number of halogens is 1. The number of benzene rings is 2. The number of aliphatic hydroxyl groups excluding tert-OH is 1. The van der Waals surface area contributed by atoms with Gasteiger partial charge in [-0.25, -0.2) is 4.98 Å². The zero-order chi connectivity index (χ0) is 14.7. The van der Waals surface area contributed by atoms with Crippen LogP contribution in [0.1, 0.15) is 0 Å². The molecule has 0 aliphatic carbocycles. The molecule has 0 spiro atoms. The number of fused-ring (bicyclic) bond motifs is 1. The lowest BCUT2D eigenvalue weighted by Gasteiger charge is -2.14. The van der Waals surface area contributed by atoms with Crippen LogP contribution in [0.25, 0.3) is 11.0 Å². The maximum absolute atomic E-state index is 10.1. The van der Waals surface area contributed by atoms with Gasteiger partial charge in [0.05, 0.1) is 28.4 Å². The van der Waals surface area contributed by atoms with Crippen LogP contribution >= 0.6 is 15.9 Å². The van der Waals surface area contributed by atoms with Crippen LogP contribution in [0.15, 0.2) is 59.3 Å². The summed E-state index contributed by atoms with van der Waals surface area (Å²) in [5.41, 5.74) is 1.94. The van der Waals surface area contributed by atoms with E-state index < -0.39 is 6.10 Å². The molecule has 0 fully saturated rings. The maximum atomic E-state index is 10.1. The minimum atomic E-state index is -0.602. The van der Waals surface area contributed by atoms with E-state index in [1.54, 1.807) is 6.33 Å². The molecule has 2 aromatic carbocycles. The van der Waals surface area contributed by atoms with Gasteiger partial charge in [0.1, 0.15) is 18.5 Å². The number of aliphatic hydroxyl groups is 1. The summed E-state index contributed by atoms with van der Waals surface area (Å²) in [6.45, 7) is 0.681. The van der Waals surface area contributed by atoms with Crippen LogP contribution in [0.2, 0.25) is 0 Å². The highest BCUT2D eigenvalue weighted by Crippen LogP contribution is 2.24. The molecule has 4 nitrogen and oxygen atoms in total. The Bertz CT molecular complexity index is 742. The van der Waals surface area contributed by atoms with E-state index in [1.807, 2.05) is 53.1 Å². The summed E-state index contributed by atoms with van der Waals surface area (Å²) in [6, 6.07) is 15.4. The number of nitrogens with zero attached hydrogens (tertiary/aromatic N) is 2. The fourth-order valence-corrected chi connectivity index (χ4v) is 2.58. The van der Waals surface area contributed by atoms with Crippen molar-refractivity contribution in [3.05, 3.63) is 59.3 Å². The van der Waals surface area contributed by atoms with Crippen molar-refractivity contribution in [3.63, 3.8) is 0 Å². The van der Waals surface area contributed by atoms with Gasteiger partial charge in [0.2, 0.25) is 0 Å². The first-order valence-corrected chi connectivity index (χ1v) is 7.48. The minimum absolute atomic E-state index is 0.231. The van der Waals surface area contributed by atoms with Crippen molar-refractivity contribution in [1.29, 1.82) is 0 Å². The van der Waals surface area contributed by atoms with Gasteiger partial charge in [-0.05, 0) is 40.2 Å². The second-order valence-corrected chi connectivity index (χ2v) is 5.64. The largest absolute Gasteiger partial charge is 0.490 e. The number of hydrogen-bond donors (Lipinski definition) is 1. The molecule has 21 heavy (non-hydrogen) atoms. The molecule has 0 aliphatic rings. The molecule has 1 aromatic heterocycles. The normalized spacial score (nSPS) is 12.5. The van der Waals surface area contributed by atoms with Crippen molar-refractivity contribution in [1.82, 2.24) is 9.55 Å². The van der Waals surface area contributed by atoms with Crippen LogP contribution in [0.5, 0.6) is 5.75 Å². The molecule has 0 bridgehead atoms. The summed E-state index contributed by atoms with van der Waals surface area (Å²) in [5.74, 6) is 0.729. The van der Waals surface area contributed by atoms with Gasteiger partial charge in [0.15, 0.2) is 0 Å². The molecule has 3 rings (SSSR count). The Balaban J connectivity index is 1.64. The van der Waals surface area contributed by atoms with E-state index in [0.29, 0.717) is 6.54 Å². The molecule has 1 heterocycles. The lowest BCUT2D eigenvalue weighted by atomic mass is 10.3. The first kappa shape index (κ1) is 14.1. The van der Waals surface area contributed by atoms with E-state index in [1.165, 1.54) is 0 Å². The Hall–Kier alpha value is -1.85. The lowest BCUT2D eigenvalue weighted by molar-refractivity contribution is 0.0930. The van der Waals surface area contributed by atoms with Crippen LogP contribution < -0.4 is 4.74 Å². The van der Waals surface area contributed by atoms with Gasteiger partial charge in [-0.1, -0.05) is 24.3 Å². The van der Waals surface area contributed by atoms with Crippen molar-refractivity contribution in [2.24, 2.45) is 0 Å². The van der Waals surface area contributed by atoms with E-state index in [9.17, 15) is 5.11 Å². The molecule has 0 saturated heterocycles. The molecule has 0 amide bonds. The van der Waals surface area contributed by atoms with Crippen LogP contribution in [-0.2, 0) is 6.54 Å². The highest BCUT2D eigenvalue weighted by atomic mass is 79.9. The van der Waals surface area contributed by atoms with Crippen LogP contribution in [-0.4, -0.2) is 27.4 Å². The zero-order valence-corrected chi connectivity index (χ0v) is 12.9. The molecular weight excluding hydrogens is 332 g/mol. The Labute approximate surface area is 131 Å². The quantitative estimate of drug-likeness (QED) is 0.771. The molecule has 1 atom stereocenters. The Morgan fingerprint density at radius 3 is 2.76 bits per heavy atom. The summed E-state index contributed by atoms with van der Waals surface area (Å²) in [4.78, 5) is 4.31. The van der Waals surface area contributed by atoms with Crippen LogP contribution in [0.3, 0.4) is 0 Å². The molecular formula is C16H15BrN2O2. The summed E-state index contributed by atoms with van der Waals surface area (Å²) in [7, 11) is 0. The van der Waals surface area contributed by atoms with E-state index in [4.69, 9.17) is 4.74 Å². The van der Waals surface area contributed by atoms with Gasteiger partial charge in [-0.3, -0.25) is 0 Å². The van der Waals surface area contributed by atoms with E-state index in [0.717, 1.165) is 21.3 Å². The van der Waals surface area contributed by atoms with Gasteiger partial charge in [-0.2, -0.15) is 0 Å². The number of para-hydroxylation sites is 3. The highest BCUT2D eigenvalue weighted by molar-refractivity contribution is 9.10. The van der Waals surface area contributed by atoms with E-state index in [-0.39, 0.29) is 6.61 Å². The molecule has 0 saturated carbocycles. The predicted octanol–water partition coefficient (Wildman–Crippen LogP) is 3.24. The van der Waals surface area contributed by atoms with Crippen molar-refractivity contribution < 1.29 is 9.84 Å². The summed E-state index contributed by atoms with van der Waals surface area (Å²) >= 11 is 3.42. The zero-order valence-electron chi connectivity index (χ0n) is 11.3. The van der Waals surface area contributed by atoms with Gasteiger partial charge in [0, 0.05) is 0 Å². The van der Waals surface area contributed by atoms with Crippen LogP contribution in [0, 0.1) is 0 Å². The number of rotatable bonds is 5. The maximum Gasteiger partial charge on any atom is 0.133 e. The van der Waals surface area contributed by atoms with Crippen molar-refractivity contribution in [2.45, 2.75) is 12.6 Å². The average molecular weight is 347 g/mol. The predicted molar refractivity (Wildman–Crippen MR) is 85.4 cm³/mol. The summed E-state index contributed by atoms with van der Waals surface area (Å²) < 4.78 is 8.44. The van der Waals surface area contributed by atoms with Crippen molar-refractivity contribution >= 4 is 27.0 Å². The van der Waals surface area contributed by atoms with Crippen molar-refractivity contribution in [2.75, 3.05) is 6.61 Å². The standard InChI is InChI=1S/C16H15BrN2O2/c17-13-5-1-4-8-16(13)21-10-12(20)9-19-11-18-14-6-2-3-7-15(14)19/h1-8,11-12,20H,9-10H2/t12-/m1/s1. The fourth-order valence-electron chi connectivity index (χ4n) is 2.18. The smallest absolute Gasteiger partial charge is 0.133 e. The second kappa shape index (κ2) is 6.28. The van der Waals surface area contributed by atoms with Crippen molar-refractivity contribution in [3.8, 4) is 5.75 Å². The molecule has 108 valence electrons. The first-order chi connectivity index (χ1) is 10.2. The minimum Gasteiger partial charge on any atom is -0.490 e. The Morgan fingerprint density at radius 1 is 1.14 bits per heavy atom. The Morgan fingerprint density at radius 2 is 1.90 bits per heavy atom. The fraction of sp³-hybridized carbons (Fsp3) is 0.188. The number of imidazole rings is 1. The third kappa shape index (κ3) is 3.25. The second-order valence-electron chi connectivity index (χ2n) is 4.78. The summed E-state index contributed by atoms with van der Waals surface area (Å²) in [5, 5.41) is 10.1. The molecule has 0 radical (unpaired) electrons. The molecule has 0 aliphatic heterocycles. The average Bonchev–Trinajstić information content (AvgIpc) is 2.90. The lowest BCUT2D eigenvalue weighted by Crippen LogP contribution is -2.23. The van der Waals surface area contributed by atoms with Gasteiger partial charge >= 0.3 is 0 Å². The first-order valence-electron chi connectivity index (χ1n) is 6.69. The summed E-state index contributed by atoms with van der Waals surface area (Å²) in [6.07, 6.45) is 1.14. The van der Waals surface area contributed by atoms with Crippen LogP contribution in [0.4, 0.5) is 0 Å². The third-order valence-corrected chi connectivity index (χ3v) is 3.86.